The molecule has 0 saturated carbocycles. The Morgan fingerprint density at radius 1 is 1.18 bits per heavy atom. The second-order valence-corrected chi connectivity index (χ2v) is 8.92. The summed E-state index contributed by atoms with van der Waals surface area (Å²) in [5.74, 6) is -1.02. The van der Waals surface area contributed by atoms with Gasteiger partial charge in [-0.2, -0.15) is 13.2 Å². The topological polar surface area (TPSA) is 83.5 Å². The molecule has 0 aliphatic carbocycles. The average Bonchev–Trinajstić information content (AvgIpc) is 2.60. The van der Waals surface area contributed by atoms with Crippen LogP contribution in [0.4, 0.5) is 13.2 Å². The van der Waals surface area contributed by atoms with Crippen LogP contribution in [0.2, 0.25) is 0 Å². The first kappa shape index (κ1) is 22.3. The van der Waals surface area contributed by atoms with Crippen LogP contribution in [-0.4, -0.2) is 31.8 Å². The molecule has 2 rings (SSSR count). The Kier molecular flexibility index (Phi) is 6.79. The third kappa shape index (κ3) is 5.49. The van der Waals surface area contributed by atoms with Crippen molar-refractivity contribution in [3.8, 4) is 0 Å². The molecule has 0 saturated heterocycles. The highest BCUT2D eigenvalue weighted by Crippen LogP contribution is 2.31. The molecule has 0 atom stereocenters. The highest BCUT2D eigenvalue weighted by Gasteiger charge is 2.30. The minimum atomic E-state index is -4.44. The molecule has 0 spiro atoms. The van der Waals surface area contributed by atoms with Gasteiger partial charge in [-0.1, -0.05) is 6.07 Å². The van der Waals surface area contributed by atoms with Gasteiger partial charge < -0.3 is 5.11 Å². The lowest BCUT2D eigenvalue weighted by Gasteiger charge is -2.11. The molecule has 0 fully saturated rings. The van der Waals surface area contributed by atoms with Gasteiger partial charge in [0.05, 0.1) is 16.0 Å². The number of rotatable bonds is 7. The van der Waals surface area contributed by atoms with Crippen molar-refractivity contribution in [2.45, 2.75) is 29.8 Å². The lowest BCUT2D eigenvalue weighted by Crippen LogP contribution is -2.26. The molecule has 0 aromatic heterocycles. The SMILES string of the molecule is Cc1cc(S(=O)(=O)NCCSc2cccc(C(F)(F)F)c2)cc(C(=O)O)c1C. The van der Waals surface area contributed by atoms with Crippen molar-refractivity contribution in [2.24, 2.45) is 0 Å². The zero-order valence-corrected chi connectivity index (χ0v) is 16.6. The minimum absolute atomic E-state index is 0.0292. The number of aromatic carboxylic acids is 1. The molecule has 0 aliphatic heterocycles. The van der Waals surface area contributed by atoms with E-state index in [2.05, 4.69) is 4.72 Å². The Bertz CT molecular complexity index is 989. The predicted octanol–water partition coefficient (Wildman–Crippen LogP) is 4.09. The molecule has 2 aromatic rings. The monoisotopic (exact) mass is 433 g/mol. The van der Waals surface area contributed by atoms with Crippen molar-refractivity contribution in [2.75, 3.05) is 12.3 Å². The van der Waals surface area contributed by atoms with E-state index in [1.807, 2.05) is 0 Å². The predicted molar refractivity (Wildman–Crippen MR) is 100 cm³/mol. The zero-order valence-electron chi connectivity index (χ0n) is 15.0. The minimum Gasteiger partial charge on any atom is -0.478 e. The number of benzene rings is 2. The van der Waals surface area contributed by atoms with Gasteiger partial charge in [-0.3, -0.25) is 0 Å². The number of hydrogen-bond acceptors (Lipinski definition) is 4. The first-order valence-corrected chi connectivity index (χ1v) is 10.5. The first-order chi connectivity index (χ1) is 12.9. The van der Waals surface area contributed by atoms with Crippen molar-refractivity contribution in [1.29, 1.82) is 0 Å². The highest BCUT2D eigenvalue weighted by molar-refractivity contribution is 7.99. The van der Waals surface area contributed by atoms with E-state index in [-0.39, 0.29) is 22.8 Å². The fraction of sp³-hybridized carbons (Fsp3) is 0.278. The van der Waals surface area contributed by atoms with Gasteiger partial charge in [0.1, 0.15) is 0 Å². The Balaban J connectivity index is 2.04. The van der Waals surface area contributed by atoms with Gasteiger partial charge in [-0.05, 0) is 55.3 Å². The summed E-state index contributed by atoms with van der Waals surface area (Å²) < 4.78 is 65.3. The van der Waals surface area contributed by atoms with Gasteiger partial charge in [0.25, 0.3) is 0 Å². The molecule has 0 aliphatic rings. The number of aryl methyl sites for hydroxylation is 1. The number of nitrogens with one attached hydrogen (secondary N) is 1. The van der Waals surface area contributed by atoms with E-state index in [0.717, 1.165) is 30.0 Å². The standard InChI is InChI=1S/C18H18F3NO4S2/c1-11-8-15(10-16(12(11)2)17(23)24)28(25,26)22-6-7-27-14-5-3-4-13(9-14)18(19,20)21/h3-5,8-10,22H,6-7H2,1-2H3,(H,23,24). The van der Waals surface area contributed by atoms with Crippen molar-refractivity contribution in [3.63, 3.8) is 0 Å². The molecule has 2 aromatic carbocycles. The van der Waals surface area contributed by atoms with E-state index in [1.54, 1.807) is 13.8 Å². The van der Waals surface area contributed by atoms with Crippen LogP contribution in [0, 0.1) is 13.8 Å². The van der Waals surface area contributed by atoms with Gasteiger partial charge in [0.2, 0.25) is 10.0 Å². The number of thioether (sulfide) groups is 1. The molecular weight excluding hydrogens is 415 g/mol. The first-order valence-electron chi connectivity index (χ1n) is 8.06. The molecular formula is C18H18F3NO4S2. The summed E-state index contributed by atoms with van der Waals surface area (Å²) in [6.45, 7) is 3.18. The summed E-state index contributed by atoms with van der Waals surface area (Å²) in [6, 6.07) is 7.24. The number of carboxylic acids is 1. The van der Waals surface area contributed by atoms with E-state index in [1.165, 1.54) is 18.2 Å². The van der Waals surface area contributed by atoms with Crippen LogP contribution >= 0.6 is 11.8 Å². The number of alkyl halides is 3. The molecule has 28 heavy (non-hydrogen) atoms. The quantitative estimate of drug-likeness (QED) is 0.508. The summed E-state index contributed by atoms with van der Waals surface area (Å²) in [6.07, 6.45) is -4.44. The highest BCUT2D eigenvalue weighted by atomic mass is 32.2. The molecule has 0 bridgehead atoms. The smallest absolute Gasteiger partial charge is 0.416 e. The Morgan fingerprint density at radius 2 is 1.86 bits per heavy atom. The molecule has 0 radical (unpaired) electrons. The summed E-state index contributed by atoms with van der Waals surface area (Å²) in [7, 11) is -3.95. The number of hydrogen-bond donors (Lipinski definition) is 2. The summed E-state index contributed by atoms with van der Waals surface area (Å²) in [5.41, 5.74) is 0.137. The summed E-state index contributed by atoms with van der Waals surface area (Å²) in [4.78, 5) is 11.5. The number of halogens is 3. The molecule has 0 unspecified atom stereocenters. The lowest BCUT2D eigenvalue weighted by molar-refractivity contribution is -0.137. The van der Waals surface area contributed by atoms with E-state index < -0.39 is 27.7 Å². The van der Waals surface area contributed by atoms with Crippen LogP contribution in [0.1, 0.15) is 27.0 Å². The van der Waals surface area contributed by atoms with E-state index in [0.29, 0.717) is 16.0 Å². The van der Waals surface area contributed by atoms with Crippen molar-refractivity contribution in [3.05, 3.63) is 58.7 Å². The fourth-order valence-electron chi connectivity index (χ4n) is 2.39. The van der Waals surface area contributed by atoms with Crippen LogP contribution in [-0.2, 0) is 16.2 Å². The third-order valence-corrected chi connectivity index (χ3v) is 6.44. The van der Waals surface area contributed by atoms with E-state index in [9.17, 15) is 31.5 Å². The molecule has 0 heterocycles. The second-order valence-electron chi connectivity index (χ2n) is 5.99. The van der Waals surface area contributed by atoms with Crippen molar-refractivity contribution in [1.82, 2.24) is 4.72 Å². The van der Waals surface area contributed by atoms with Crippen LogP contribution in [0.3, 0.4) is 0 Å². The van der Waals surface area contributed by atoms with Crippen LogP contribution in [0.25, 0.3) is 0 Å². The average molecular weight is 433 g/mol. The summed E-state index contributed by atoms with van der Waals surface area (Å²) >= 11 is 1.08. The fourth-order valence-corrected chi connectivity index (χ4v) is 4.49. The van der Waals surface area contributed by atoms with Crippen molar-refractivity contribution < 1.29 is 31.5 Å². The maximum atomic E-state index is 12.7. The third-order valence-electron chi connectivity index (χ3n) is 4.01. The Hall–Kier alpha value is -2.04. The van der Waals surface area contributed by atoms with Gasteiger partial charge in [-0.15, -0.1) is 11.8 Å². The normalized spacial score (nSPS) is 12.2. The van der Waals surface area contributed by atoms with Gasteiger partial charge in [0.15, 0.2) is 0 Å². The van der Waals surface area contributed by atoms with Gasteiger partial charge in [0, 0.05) is 17.2 Å². The van der Waals surface area contributed by atoms with Crippen LogP contribution in [0.5, 0.6) is 0 Å². The maximum absolute atomic E-state index is 12.7. The zero-order chi connectivity index (χ0) is 21.1. The Morgan fingerprint density at radius 3 is 2.46 bits per heavy atom. The molecule has 2 N–H and O–H groups in total. The van der Waals surface area contributed by atoms with Gasteiger partial charge >= 0.3 is 12.1 Å². The van der Waals surface area contributed by atoms with Crippen LogP contribution in [0.15, 0.2) is 46.2 Å². The van der Waals surface area contributed by atoms with Crippen molar-refractivity contribution >= 4 is 27.8 Å². The number of carboxylic acid groups (broad SMARTS) is 1. The molecule has 152 valence electrons. The number of carbonyl (C=O) groups is 1. The molecule has 0 amide bonds. The van der Waals surface area contributed by atoms with E-state index in [4.69, 9.17) is 0 Å². The lowest BCUT2D eigenvalue weighted by atomic mass is 10.0. The van der Waals surface area contributed by atoms with E-state index >= 15 is 0 Å². The van der Waals surface area contributed by atoms with Crippen LogP contribution < -0.4 is 4.72 Å². The second kappa shape index (κ2) is 8.54. The molecule has 5 nitrogen and oxygen atoms in total. The maximum Gasteiger partial charge on any atom is 0.416 e. The summed E-state index contributed by atoms with van der Waals surface area (Å²) in [5, 5.41) is 9.20. The Labute approximate surface area is 165 Å². The van der Waals surface area contributed by atoms with Gasteiger partial charge in [-0.25, -0.2) is 17.9 Å². The molecule has 10 heteroatoms. The largest absolute Gasteiger partial charge is 0.478 e. The number of sulfonamides is 1.